The molecule has 1 fully saturated rings. The lowest BCUT2D eigenvalue weighted by molar-refractivity contribution is 0.476. The number of sulfone groups is 1. The van der Waals surface area contributed by atoms with Gasteiger partial charge >= 0.3 is 0 Å². The monoisotopic (exact) mass is 293 g/mol. The van der Waals surface area contributed by atoms with E-state index >= 15 is 0 Å². The molecule has 2 rings (SSSR count). The van der Waals surface area contributed by atoms with Crippen molar-refractivity contribution in [3.63, 3.8) is 0 Å². The van der Waals surface area contributed by atoms with Crippen LogP contribution in [0.2, 0.25) is 10.0 Å². The molecule has 1 unspecified atom stereocenters. The van der Waals surface area contributed by atoms with Gasteiger partial charge in [0.05, 0.1) is 21.6 Å². The first-order chi connectivity index (χ1) is 7.81. The van der Waals surface area contributed by atoms with Crippen LogP contribution in [-0.4, -0.2) is 25.5 Å². The zero-order valence-electron chi connectivity index (χ0n) is 9.12. The Morgan fingerprint density at radius 2 is 2.06 bits per heavy atom. The first-order valence-electron chi connectivity index (χ1n) is 5.24. The number of benzene rings is 1. The summed E-state index contributed by atoms with van der Waals surface area (Å²) in [5.74, 6) is 0.171. The van der Waals surface area contributed by atoms with Crippen LogP contribution in [-0.2, 0) is 16.3 Å². The van der Waals surface area contributed by atoms with E-state index in [0.29, 0.717) is 22.9 Å². The number of hydrogen-bond acceptors (Lipinski definition) is 3. The smallest absolute Gasteiger partial charge is 0.152 e. The average Bonchev–Trinajstić information content (AvgIpc) is 2.49. The lowest BCUT2D eigenvalue weighted by Gasteiger charge is -2.22. The third-order valence-electron chi connectivity index (χ3n) is 2.99. The minimum Gasteiger partial charge on any atom is -0.324 e. The van der Waals surface area contributed by atoms with E-state index in [1.54, 1.807) is 12.1 Å². The van der Waals surface area contributed by atoms with Gasteiger partial charge in [-0.1, -0.05) is 35.3 Å². The zero-order valence-corrected chi connectivity index (χ0v) is 11.4. The number of nitrogens with two attached hydrogens (primary N) is 1. The topological polar surface area (TPSA) is 60.2 Å². The van der Waals surface area contributed by atoms with Crippen LogP contribution in [0.4, 0.5) is 0 Å². The highest BCUT2D eigenvalue weighted by Crippen LogP contribution is 2.31. The zero-order chi connectivity index (χ0) is 12.7. The SMILES string of the molecule is NC1(Cc2cccc(Cl)c2Cl)CCS(=O)(=O)C1. The minimum atomic E-state index is -3.00. The highest BCUT2D eigenvalue weighted by Gasteiger charge is 2.39. The van der Waals surface area contributed by atoms with Gasteiger partial charge in [-0.15, -0.1) is 0 Å². The molecule has 0 amide bonds. The van der Waals surface area contributed by atoms with E-state index in [-0.39, 0.29) is 11.5 Å². The summed E-state index contributed by atoms with van der Waals surface area (Å²) in [7, 11) is -3.00. The Labute approximate surface area is 111 Å². The van der Waals surface area contributed by atoms with E-state index in [1.807, 2.05) is 6.07 Å². The molecule has 6 heteroatoms. The minimum absolute atomic E-state index is 0.0167. The fraction of sp³-hybridized carbons (Fsp3) is 0.455. The molecule has 94 valence electrons. The Balaban J connectivity index is 2.25. The van der Waals surface area contributed by atoms with Crippen LogP contribution >= 0.6 is 23.2 Å². The number of hydrogen-bond donors (Lipinski definition) is 1. The normalized spacial score (nSPS) is 27.2. The van der Waals surface area contributed by atoms with Crippen LogP contribution in [0.25, 0.3) is 0 Å². The number of rotatable bonds is 2. The molecule has 0 aromatic heterocycles. The van der Waals surface area contributed by atoms with Crippen molar-refractivity contribution in [2.24, 2.45) is 5.73 Å². The molecule has 1 saturated heterocycles. The van der Waals surface area contributed by atoms with E-state index in [2.05, 4.69) is 0 Å². The molecule has 1 aliphatic heterocycles. The molecule has 1 aromatic carbocycles. The summed E-state index contributed by atoms with van der Waals surface area (Å²) in [5, 5.41) is 0.928. The Morgan fingerprint density at radius 1 is 1.35 bits per heavy atom. The van der Waals surface area contributed by atoms with E-state index < -0.39 is 15.4 Å². The Hall–Kier alpha value is -0.290. The molecule has 0 bridgehead atoms. The standard InChI is InChI=1S/C11H13Cl2NO2S/c12-9-3-1-2-8(10(9)13)6-11(14)4-5-17(15,16)7-11/h1-3H,4-7,14H2. The number of halogens is 2. The van der Waals surface area contributed by atoms with Crippen LogP contribution < -0.4 is 5.73 Å². The van der Waals surface area contributed by atoms with Crippen molar-refractivity contribution in [3.05, 3.63) is 33.8 Å². The summed E-state index contributed by atoms with van der Waals surface area (Å²) in [6.07, 6.45) is 0.907. The first-order valence-corrected chi connectivity index (χ1v) is 7.81. The molecule has 2 N–H and O–H groups in total. The van der Waals surface area contributed by atoms with Crippen molar-refractivity contribution >= 4 is 33.0 Å². The first kappa shape index (κ1) is 13.1. The maximum Gasteiger partial charge on any atom is 0.152 e. The van der Waals surface area contributed by atoms with Gasteiger partial charge in [0.1, 0.15) is 0 Å². The Bertz CT molecular complexity index is 544. The molecule has 0 saturated carbocycles. The van der Waals surface area contributed by atoms with Crippen molar-refractivity contribution in [2.75, 3.05) is 11.5 Å². The van der Waals surface area contributed by atoms with Gasteiger partial charge in [-0.3, -0.25) is 0 Å². The van der Waals surface area contributed by atoms with Gasteiger partial charge in [-0.05, 0) is 24.5 Å². The summed E-state index contributed by atoms with van der Waals surface area (Å²) in [5.41, 5.74) is 6.19. The van der Waals surface area contributed by atoms with Gasteiger partial charge in [-0.25, -0.2) is 8.42 Å². The van der Waals surface area contributed by atoms with Gasteiger partial charge in [-0.2, -0.15) is 0 Å². The molecule has 1 aliphatic rings. The van der Waals surface area contributed by atoms with Crippen molar-refractivity contribution in [1.82, 2.24) is 0 Å². The van der Waals surface area contributed by atoms with E-state index in [0.717, 1.165) is 5.56 Å². The summed E-state index contributed by atoms with van der Waals surface area (Å²) in [6.45, 7) is 0. The van der Waals surface area contributed by atoms with Gasteiger partial charge in [0.15, 0.2) is 9.84 Å². The molecule has 1 atom stereocenters. The van der Waals surface area contributed by atoms with Crippen molar-refractivity contribution < 1.29 is 8.42 Å². The molecule has 0 radical (unpaired) electrons. The highest BCUT2D eigenvalue weighted by atomic mass is 35.5. The largest absolute Gasteiger partial charge is 0.324 e. The van der Waals surface area contributed by atoms with Crippen LogP contribution in [0.3, 0.4) is 0 Å². The van der Waals surface area contributed by atoms with Crippen LogP contribution in [0.5, 0.6) is 0 Å². The van der Waals surface area contributed by atoms with Crippen molar-refractivity contribution in [2.45, 2.75) is 18.4 Å². The van der Waals surface area contributed by atoms with E-state index in [1.165, 1.54) is 0 Å². The summed E-state index contributed by atoms with van der Waals surface area (Å²) >= 11 is 12.0. The predicted octanol–water partition coefficient (Wildman–Crippen LogP) is 2.05. The lowest BCUT2D eigenvalue weighted by atomic mass is 9.91. The van der Waals surface area contributed by atoms with Crippen LogP contribution in [0.1, 0.15) is 12.0 Å². The molecular weight excluding hydrogens is 281 g/mol. The Morgan fingerprint density at radius 3 is 2.65 bits per heavy atom. The summed E-state index contributed by atoms with van der Waals surface area (Å²) < 4.78 is 22.9. The van der Waals surface area contributed by atoms with E-state index in [9.17, 15) is 8.42 Å². The maximum atomic E-state index is 11.4. The van der Waals surface area contributed by atoms with E-state index in [4.69, 9.17) is 28.9 Å². The van der Waals surface area contributed by atoms with Gasteiger partial charge in [0, 0.05) is 5.54 Å². The van der Waals surface area contributed by atoms with Gasteiger partial charge < -0.3 is 5.73 Å². The van der Waals surface area contributed by atoms with Gasteiger partial charge in [0.25, 0.3) is 0 Å². The van der Waals surface area contributed by atoms with Crippen LogP contribution in [0, 0.1) is 0 Å². The highest BCUT2D eigenvalue weighted by molar-refractivity contribution is 7.91. The summed E-state index contributed by atoms with van der Waals surface area (Å²) in [4.78, 5) is 0. The second kappa shape index (κ2) is 4.43. The van der Waals surface area contributed by atoms with Crippen molar-refractivity contribution in [1.29, 1.82) is 0 Å². The molecule has 17 heavy (non-hydrogen) atoms. The fourth-order valence-corrected chi connectivity index (χ4v) is 4.52. The van der Waals surface area contributed by atoms with Gasteiger partial charge in [0.2, 0.25) is 0 Å². The predicted molar refractivity (Wildman–Crippen MR) is 70.4 cm³/mol. The summed E-state index contributed by atoms with van der Waals surface area (Å²) in [6, 6.07) is 5.31. The second-order valence-electron chi connectivity index (χ2n) is 4.59. The molecule has 0 aliphatic carbocycles. The second-order valence-corrected chi connectivity index (χ2v) is 7.56. The van der Waals surface area contributed by atoms with Crippen LogP contribution in [0.15, 0.2) is 18.2 Å². The quantitative estimate of drug-likeness (QED) is 0.908. The third-order valence-corrected chi connectivity index (χ3v) is 5.69. The maximum absolute atomic E-state index is 11.4. The Kier molecular flexibility index (Phi) is 3.42. The molecule has 3 nitrogen and oxygen atoms in total. The third kappa shape index (κ3) is 2.94. The molecule has 1 heterocycles. The molecule has 1 aromatic rings. The molecular formula is C11H13Cl2NO2S. The fourth-order valence-electron chi connectivity index (χ4n) is 2.14. The lowest BCUT2D eigenvalue weighted by Crippen LogP contribution is -2.43. The average molecular weight is 294 g/mol. The molecule has 0 spiro atoms. The van der Waals surface area contributed by atoms with Crippen molar-refractivity contribution in [3.8, 4) is 0 Å².